The fourth-order valence-corrected chi connectivity index (χ4v) is 2.64. The van der Waals surface area contributed by atoms with Gasteiger partial charge in [-0.15, -0.1) is 0 Å². The zero-order chi connectivity index (χ0) is 22.0. The Balaban J connectivity index is 0.000000436. The first-order valence-electron chi connectivity index (χ1n) is 9.50. The van der Waals surface area contributed by atoms with Crippen LogP contribution in [0.15, 0.2) is 18.3 Å². The highest BCUT2D eigenvalue weighted by molar-refractivity contribution is 5.68. The lowest BCUT2D eigenvalue weighted by atomic mass is 9.95. The van der Waals surface area contributed by atoms with E-state index in [-0.39, 0.29) is 17.6 Å². The molecule has 0 spiro atoms. The van der Waals surface area contributed by atoms with Crippen molar-refractivity contribution >= 4 is 18.0 Å². The summed E-state index contributed by atoms with van der Waals surface area (Å²) in [6.45, 7) is 0. The summed E-state index contributed by atoms with van der Waals surface area (Å²) in [7, 11) is 8.19. The summed E-state index contributed by atoms with van der Waals surface area (Å²) in [5, 5.41) is 8.73. The number of hydrogen-bond acceptors (Lipinski definition) is 8. The number of pyridine rings is 1. The normalized spacial score (nSPS) is 14.0. The first kappa shape index (κ1) is 24.3. The Hall–Kier alpha value is -2.75. The van der Waals surface area contributed by atoms with Crippen LogP contribution in [-0.2, 0) is 9.47 Å². The summed E-state index contributed by atoms with van der Waals surface area (Å²) in [6.07, 6.45) is 5.01. The van der Waals surface area contributed by atoms with Crippen molar-refractivity contribution in [2.24, 2.45) is 0 Å². The Morgan fingerprint density at radius 3 is 1.97 bits per heavy atom. The molecule has 0 aromatic carbocycles. The molecule has 0 saturated heterocycles. The van der Waals surface area contributed by atoms with E-state index in [1.54, 1.807) is 34.3 Å². The van der Waals surface area contributed by atoms with Crippen LogP contribution in [0.2, 0.25) is 0 Å². The molecule has 29 heavy (non-hydrogen) atoms. The van der Waals surface area contributed by atoms with Crippen molar-refractivity contribution in [1.29, 1.82) is 0 Å². The largest absolute Gasteiger partial charge is 0.504 e. The summed E-state index contributed by atoms with van der Waals surface area (Å²) >= 11 is 0. The topological polar surface area (TPSA) is 121 Å². The monoisotopic (exact) mass is 411 g/mol. The number of aromatic nitrogens is 1. The highest BCUT2D eigenvalue weighted by Gasteiger charge is 2.31. The summed E-state index contributed by atoms with van der Waals surface area (Å²) in [5.74, 6) is 0.208. The second-order valence-electron chi connectivity index (χ2n) is 7.23. The Morgan fingerprint density at radius 1 is 1.07 bits per heavy atom. The van der Waals surface area contributed by atoms with Gasteiger partial charge in [-0.3, -0.25) is 0 Å². The van der Waals surface area contributed by atoms with Crippen molar-refractivity contribution in [2.45, 2.75) is 44.6 Å². The molecule has 1 aliphatic rings. The first-order valence-corrected chi connectivity index (χ1v) is 9.50. The van der Waals surface area contributed by atoms with Crippen LogP contribution < -0.4 is 5.73 Å². The number of nitrogen functional groups attached to an aromatic ring is 1. The van der Waals surface area contributed by atoms with Gasteiger partial charge in [-0.1, -0.05) is 19.3 Å². The maximum atomic E-state index is 11.8. The number of ether oxygens (including phenoxy) is 2. The van der Waals surface area contributed by atoms with Gasteiger partial charge in [-0.25, -0.2) is 19.5 Å². The quantitative estimate of drug-likeness (QED) is 0.724. The molecule has 1 aromatic heterocycles. The highest BCUT2D eigenvalue weighted by atomic mass is 16.7. The van der Waals surface area contributed by atoms with Crippen molar-refractivity contribution in [3.63, 3.8) is 0 Å². The molecule has 1 aromatic rings. The molecule has 1 saturated carbocycles. The predicted molar refractivity (Wildman–Crippen MR) is 109 cm³/mol. The molecule has 0 aliphatic heterocycles. The number of hydrogen-bond donors (Lipinski definition) is 2. The van der Waals surface area contributed by atoms with E-state index in [1.165, 1.54) is 28.5 Å². The minimum absolute atomic E-state index is 0.0347. The fourth-order valence-electron chi connectivity index (χ4n) is 2.64. The SMILES string of the molecule is CN(C)C(=O)OC(OC(=O)N(C)C)N(C)C1CCCCC1.Nc1ncccc1O. The lowest BCUT2D eigenvalue weighted by Crippen LogP contribution is -2.48. The van der Waals surface area contributed by atoms with Gasteiger partial charge < -0.3 is 30.1 Å². The molecule has 0 unspecified atom stereocenters. The molecule has 164 valence electrons. The maximum absolute atomic E-state index is 11.8. The van der Waals surface area contributed by atoms with Crippen molar-refractivity contribution < 1.29 is 24.2 Å². The zero-order valence-corrected chi connectivity index (χ0v) is 17.9. The van der Waals surface area contributed by atoms with Gasteiger partial charge in [0.2, 0.25) is 0 Å². The van der Waals surface area contributed by atoms with Crippen LogP contribution in [0.1, 0.15) is 32.1 Å². The summed E-state index contributed by atoms with van der Waals surface area (Å²) in [5.41, 5.74) is 5.16. The van der Waals surface area contributed by atoms with Crippen LogP contribution in [0.4, 0.5) is 15.4 Å². The number of amides is 2. The Labute approximate surface area is 172 Å². The van der Waals surface area contributed by atoms with Gasteiger partial charge in [-0.2, -0.15) is 0 Å². The van der Waals surface area contributed by atoms with E-state index in [2.05, 4.69) is 4.98 Å². The van der Waals surface area contributed by atoms with Crippen LogP contribution in [-0.4, -0.2) is 84.7 Å². The first-order chi connectivity index (χ1) is 13.6. The van der Waals surface area contributed by atoms with Crippen molar-refractivity contribution in [2.75, 3.05) is 41.0 Å². The predicted octanol–water partition coefficient (Wildman–Crippen LogP) is 2.30. The lowest BCUT2D eigenvalue weighted by Gasteiger charge is -2.36. The standard InChI is InChI=1S/C14H27N3O4.C5H6N2O/c1-15(2)12(18)20-14(21-13(19)16(3)4)17(5)11-9-7-6-8-10-11;6-5-4(8)2-1-3-7-5/h11,14H,6-10H2,1-5H3;1-3,8H,(H2,6,7). The Morgan fingerprint density at radius 2 is 1.59 bits per heavy atom. The van der Waals surface area contributed by atoms with E-state index >= 15 is 0 Å². The van der Waals surface area contributed by atoms with Gasteiger partial charge in [0.15, 0.2) is 11.6 Å². The number of aromatic hydroxyl groups is 1. The third-order valence-corrected chi connectivity index (χ3v) is 4.43. The average molecular weight is 412 g/mol. The number of nitrogens with two attached hydrogens (primary N) is 1. The van der Waals surface area contributed by atoms with E-state index in [0.29, 0.717) is 0 Å². The minimum Gasteiger partial charge on any atom is -0.504 e. The molecule has 10 heteroatoms. The Bertz CT molecular complexity index is 607. The van der Waals surface area contributed by atoms with Crippen LogP contribution in [0.25, 0.3) is 0 Å². The van der Waals surface area contributed by atoms with E-state index < -0.39 is 18.6 Å². The number of nitrogens with zero attached hydrogens (tertiary/aromatic N) is 4. The van der Waals surface area contributed by atoms with Gasteiger partial charge in [0.1, 0.15) is 0 Å². The smallest absolute Gasteiger partial charge is 0.413 e. The molecule has 0 atom stereocenters. The summed E-state index contributed by atoms with van der Waals surface area (Å²) in [6, 6.07) is 3.36. The van der Waals surface area contributed by atoms with E-state index in [9.17, 15) is 9.59 Å². The number of carbonyl (C=O) groups is 2. The van der Waals surface area contributed by atoms with Gasteiger partial charge in [0.05, 0.1) is 0 Å². The Kier molecular flexibility index (Phi) is 10.0. The van der Waals surface area contributed by atoms with Gasteiger partial charge in [-0.05, 0) is 32.0 Å². The third-order valence-electron chi connectivity index (χ3n) is 4.43. The molecule has 2 amide bonds. The molecule has 1 fully saturated rings. The second-order valence-corrected chi connectivity index (χ2v) is 7.23. The average Bonchev–Trinajstić information content (AvgIpc) is 2.70. The molecule has 0 radical (unpaired) electrons. The second kappa shape index (κ2) is 11.9. The van der Waals surface area contributed by atoms with E-state index in [4.69, 9.17) is 20.3 Å². The van der Waals surface area contributed by atoms with Crippen LogP contribution in [0.3, 0.4) is 0 Å². The molecule has 0 bridgehead atoms. The fraction of sp³-hybridized carbons (Fsp3) is 0.632. The summed E-state index contributed by atoms with van der Waals surface area (Å²) < 4.78 is 10.6. The van der Waals surface area contributed by atoms with Crippen LogP contribution in [0, 0.1) is 0 Å². The molecule has 2 rings (SSSR count). The number of anilines is 1. The molecule has 3 N–H and O–H groups in total. The van der Waals surface area contributed by atoms with Crippen LogP contribution in [0.5, 0.6) is 5.75 Å². The maximum Gasteiger partial charge on any atom is 0.413 e. The van der Waals surface area contributed by atoms with Crippen LogP contribution >= 0.6 is 0 Å². The summed E-state index contributed by atoms with van der Waals surface area (Å²) in [4.78, 5) is 31.6. The third kappa shape index (κ3) is 8.43. The molecular formula is C19H33N5O5. The zero-order valence-electron chi connectivity index (χ0n) is 17.9. The minimum atomic E-state index is -1.00. The highest BCUT2D eigenvalue weighted by Crippen LogP contribution is 2.24. The van der Waals surface area contributed by atoms with Crippen molar-refractivity contribution in [1.82, 2.24) is 19.7 Å². The van der Waals surface area contributed by atoms with Gasteiger partial charge in [0.25, 0.3) is 0 Å². The van der Waals surface area contributed by atoms with Gasteiger partial charge in [0, 0.05) is 40.4 Å². The molecule has 1 heterocycles. The van der Waals surface area contributed by atoms with E-state index in [0.717, 1.165) is 25.7 Å². The van der Waals surface area contributed by atoms with E-state index in [1.807, 2.05) is 11.9 Å². The number of carbonyl (C=O) groups excluding carboxylic acids is 2. The van der Waals surface area contributed by atoms with Crippen molar-refractivity contribution in [3.05, 3.63) is 18.3 Å². The lowest BCUT2D eigenvalue weighted by molar-refractivity contribution is -0.173. The molecule has 10 nitrogen and oxygen atoms in total. The number of rotatable bonds is 4. The molecule has 1 aliphatic carbocycles. The van der Waals surface area contributed by atoms with Crippen molar-refractivity contribution in [3.8, 4) is 5.75 Å². The van der Waals surface area contributed by atoms with Gasteiger partial charge >= 0.3 is 18.6 Å². The molecular weight excluding hydrogens is 378 g/mol.